The molecule has 1 saturated heterocycles. The van der Waals surface area contributed by atoms with Crippen LogP contribution in [0.25, 0.3) is 0 Å². The van der Waals surface area contributed by atoms with E-state index in [0.29, 0.717) is 12.8 Å². The van der Waals surface area contributed by atoms with Gasteiger partial charge in [0.05, 0.1) is 16.1 Å². The van der Waals surface area contributed by atoms with Gasteiger partial charge in [-0.1, -0.05) is 0 Å². The van der Waals surface area contributed by atoms with E-state index < -0.39 is 0 Å². The standard InChI is InChI=1S/C6H8BrNO2/c7-8-5(9)3-1-2-4-6(8)10/h1-4H2. The number of amides is 2. The molecule has 0 spiro atoms. The summed E-state index contributed by atoms with van der Waals surface area (Å²) in [6, 6.07) is 0. The number of halogens is 1. The first-order valence-electron chi connectivity index (χ1n) is 3.23. The Bertz CT molecular complexity index is 151. The summed E-state index contributed by atoms with van der Waals surface area (Å²) < 4.78 is 1.04. The van der Waals surface area contributed by atoms with E-state index in [0.717, 1.165) is 16.8 Å². The number of carbonyl (C=O) groups excluding carboxylic acids is 2. The van der Waals surface area contributed by atoms with Gasteiger partial charge in [-0.15, -0.1) is 0 Å². The number of hydrogen-bond acceptors (Lipinski definition) is 2. The molecule has 1 heterocycles. The average Bonchev–Trinajstić information content (AvgIpc) is 2.04. The van der Waals surface area contributed by atoms with Crippen LogP contribution in [-0.4, -0.2) is 15.7 Å². The first-order chi connectivity index (χ1) is 4.72. The van der Waals surface area contributed by atoms with Gasteiger partial charge in [0, 0.05) is 12.8 Å². The molecule has 0 radical (unpaired) electrons. The summed E-state index contributed by atoms with van der Waals surface area (Å²) in [5.41, 5.74) is 0. The van der Waals surface area contributed by atoms with Gasteiger partial charge in [0.1, 0.15) is 0 Å². The molecule has 3 nitrogen and oxygen atoms in total. The maximum absolute atomic E-state index is 10.9. The highest BCUT2D eigenvalue weighted by atomic mass is 79.9. The first kappa shape index (κ1) is 7.72. The third kappa shape index (κ3) is 1.56. The van der Waals surface area contributed by atoms with Crippen molar-refractivity contribution in [3.63, 3.8) is 0 Å². The third-order valence-corrected chi connectivity index (χ3v) is 2.26. The van der Waals surface area contributed by atoms with E-state index in [4.69, 9.17) is 0 Å². The van der Waals surface area contributed by atoms with Crippen LogP contribution in [0.1, 0.15) is 25.7 Å². The van der Waals surface area contributed by atoms with E-state index in [1.165, 1.54) is 0 Å². The summed E-state index contributed by atoms with van der Waals surface area (Å²) in [6.07, 6.45) is 2.62. The fourth-order valence-corrected chi connectivity index (χ4v) is 1.24. The van der Waals surface area contributed by atoms with Gasteiger partial charge in [-0.3, -0.25) is 9.59 Å². The van der Waals surface area contributed by atoms with Gasteiger partial charge in [0.25, 0.3) is 0 Å². The summed E-state index contributed by atoms with van der Waals surface area (Å²) in [6.45, 7) is 0. The Hall–Kier alpha value is -0.380. The molecule has 0 saturated carbocycles. The minimum Gasteiger partial charge on any atom is -0.274 e. The van der Waals surface area contributed by atoms with Crippen molar-refractivity contribution in [1.82, 2.24) is 3.93 Å². The van der Waals surface area contributed by atoms with E-state index in [-0.39, 0.29) is 11.8 Å². The molecule has 1 fully saturated rings. The minimum absolute atomic E-state index is 0.123. The van der Waals surface area contributed by atoms with E-state index in [9.17, 15) is 9.59 Å². The van der Waals surface area contributed by atoms with Crippen molar-refractivity contribution in [3.05, 3.63) is 0 Å². The van der Waals surface area contributed by atoms with Crippen LogP contribution in [0.15, 0.2) is 0 Å². The normalized spacial score (nSPS) is 21.1. The Morgan fingerprint density at radius 2 is 1.50 bits per heavy atom. The smallest absolute Gasteiger partial charge is 0.239 e. The fourth-order valence-electron chi connectivity index (χ4n) is 0.888. The lowest BCUT2D eigenvalue weighted by Crippen LogP contribution is -2.24. The van der Waals surface area contributed by atoms with Crippen LogP contribution in [0, 0.1) is 0 Å². The summed E-state index contributed by atoms with van der Waals surface area (Å²) in [5.74, 6) is -0.245. The van der Waals surface area contributed by atoms with Crippen molar-refractivity contribution in [3.8, 4) is 0 Å². The van der Waals surface area contributed by atoms with Crippen LogP contribution < -0.4 is 0 Å². The first-order valence-corrected chi connectivity index (χ1v) is 3.94. The summed E-state index contributed by atoms with van der Waals surface area (Å²) >= 11 is 2.90. The van der Waals surface area contributed by atoms with Gasteiger partial charge in [-0.25, -0.2) is 3.93 Å². The van der Waals surface area contributed by atoms with Gasteiger partial charge < -0.3 is 0 Å². The van der Waals surface area contributed by atoms with Crippen LogP contribution in [0.3, 0.4) is 0 Å². The van der Waals surface area contributed by atoms with Crippen LogP contribution in [0.4, 0.5) is 0 Å². The highest BCUT2D eigenvalue weighted by Gasteiger charge is 2.21. The summed E-state index contributed by atoms with van der Waals surface area (Å²) in [7, 11) is 0. The molecule has 0 N–H and O–H groups in total. The molecular formula is C6H8BrNO2. The molecule has 10 heavy (non-hydrogen) atoms. The topological polar surface area (TPSA) is 37.4 Å². The molecule has 0 bridgehead atoms. The van der Waals surface area contributed by atoms with Crippen molar-refractivity contribution < 1.29 is 9.59 Å². The Balaban J connectivity index is 2.64. The van der Waals surface area contributed by atoms with Gasteiger partial charge >= 0.3 is 0 Å². The van der Waals surface area contributed by atoms with Crippen LogP contribution in [0.5, 0.6) is 0 Å². The predicted molar refractivity (Wildman–Crippen MR) is 39.2 cm³/mol. The molecule has 0 atom stereocenters. The van der Waals surface area contributed by atoms with Crippen LogP contribution in [-0.2, 0) is 9.59 Å². The second-order valence-electron chi connectivity index (χ2n) is 2.28. The lowest BCUT2D eigenvalue weighted by molar-refractivity contribution is -0.136. The maximum Gasteiger partial charge on any atom is 0.239 e. The van der Waals surface area contributed by atoms with Crippen molar-refractivity contribution >= 4 is 28.0 Å². The maximum atomic E-state index is 10.9. The predicted octanol–water partition coefficient (Wildman–Crippen LogP) is 1.23. The lowest BCUT2D eigenvalue weighted by Gasteiger charge is -2.06. The Morgan fingerprint density at radius 1 is 1.10 bits per heavy atom. The SMILES string of the molecule is O=C1CCCCC(=O)N1Br. The van der Waals surface area contributed by atoms with Crippen molar-refractivity contribution in [2.75, 3.05) is 0 Å². The molecule has 1 aliphatic rings. The molecule has 1 aliphatic heterocycles. The zero-order valence-corrected chi connectivity index (χ0v) is 7.06. The van der Waals surface area contributed by atoms with Gasteiger partial charge in [0.2, 0.25) is 11.8 Å². The van der Waals surface area contributed by atoms with Crippen molar-refractivity contribution in [2.45, 2.75) is 25.7 Å². The van der Waals surface area contributed by atoms with E-state index in [1.807, 2.05) is 0 Å². The number of imide groups is 1. The molecule has 4 heteroatoms. The second-order valence-corrected chi connectivity index (χ2v) is 2.98. The van der Waals surface area contributed by atoms with Gasteiger partial charge in [0.15, 0.2) is 0 Å². The van der Waals surface area contributed by atoms with Crippen LogP contribution >= 0.6 is 16.1 Å². The molecule has 0 unspecified atom stereocenters. The zero-order valence-electron chi connectivity index (χ0n) is 5.47. The monoisotopic (exact) mass is 205 g/mol. The number of carbonyl (C=O) groups is 2. The summed E-state index contributed by atoms with van der Waals surface area (Å²) in [4.78, 5) is 21.8. The largest absolute Gasteiger partial charge is 0.274 e. The Kier molecular flexibility index (Phi) is 2.43. The van der Waals surface area contributed by atoms with E-state index in [2.05, 4.69) is 16.1 Å². The highest BCUT2D eigenvalue weighted by molar-refractivity contribution is 9.08. The quantitative estimate of drug-likeness (QED) is 0.441. The molecule has 56 valence electrons. The fraction of sp³-hybridized carbons (Fsp3) is 0.667. The molecule has 2 amide bonds. The Labute approximate surface area is 67.7 Å². The van der Waals surface area contributed by atoms with E-state index >= 15 is 0 Å². The molecule has 0 aromatic rings. The molecular weight excluding hydrogens is 198 g/mol. The number of nitrogens with zero attached hydrogens (tertiary/aromatic N) is 1. The molecule has 0 aromatic carbocycles. The van der Waals surface area contributed by atoms with Gasteiger partial charge in [-0.2, -0.15) is 0 Å². The van der Waals surface area contributed by atoms with Crippen molar-refractivity contribution in [2.24, 2.45) is 0 Å². The average molecular weight is 206 g/mol. The minimum atomic E-state index is -0.123. The van der Waals surface area contributed by atoms with E-state index in [1.54, 1.807) is 0 Å². The van der Waals surface area contributed by atoms with Crippen LogP contribution in [0.2, 0.25) is 0 Å². The Morgan fingerprint density at radius 3 is 1.90 bits per heavy atom. The van der Waals surface area contributed by atoms with Gasteiger partial charge in [-0.05, 0) is 12.8 Å². The number of hydrogen-bond donors (Lipinski definition) is 0. The molecule has 1 rings (SSSR count). The molecule has 0 aromatic heterocycles. The number of rotatable bonds is 0. The highest BCUT2D eigenvalue weighted by Crippen LogP contribution is 2.14. The van der Waals surface area contributed by atoms with Crippen molar-refractivity contribution in [1.29, 1.82) is 0 Å². The lowest BCUT2D eigenvalue weighted by atomic mass is 10.2. The zero-order chi connectivity index (χ0) is 7.56. The second kappa shape index (κ2) is 3.14. The third-order valence-electron chi connectivity index (χ3n) is 1.47. The summed E-state index contributed by atoms with van der Waals surface area (Å²) in [5, 5.41) is 0. The molecule has 0 aliphatic carbocycles.